The number of ether oxygens (including phenoxy) is 2. The molecule has 0 saturated carbocycles. The van der Waals surface area contributed by atoms with Crippen molar-refractivity contribution in [3.05, 3.63) is 68.5 Å². The maximum Gasteiger partial charge on any atom is 0.124 e. The monoisotopic (exact) mass is 534 g/mol. The zero-order valence-corrected chi connectivity index (χ0v) is 22.9. The van der Waals surface area contributed by atoms with Crippen LogP contribution in [0.5, 0.6) is 11.5 Å². The number of hydrogen-bond donors (Lipinski definition) is 0. The molecule has 0 heterocycles. The second kappa shape index (κ2) is 14.9. The first-order valence-corrected chi connectivity index (χ1v) is 11.3. The van der Waals surface area contributed by atoms with Gasteiger partial charge in [-0.05, 0) is 68.7 Å². The van der Waals surface area contributed by atoms with Gasteiger partial charge in [-0.15, -0.1) is 0 Å². The van der Waals surface area contributed by atoms with E-state index < -0.39 is 0 Å². The summed E-state index contributed by atoms with van der Waals surface area (Å²) >= 11 is 20.7. The Morgan fingerprint density at radius 1 is 0.742 bits per heavy atom. The quantitative estimate of drug-likeness (QED) is 0.315. The summed E-state index contributed by atoms with van der Waals surface area (Å²) in [4.78, 5) is 2.93. The third kappa shape index (κ3) is 9.50. The molecule has 31 heavy (non-hydrogen) atoms. The molecular formula is C24H28NiO2S4-4. The fraction of sp³-hybridized carbons (Fsp3) is 0.333. The molecule has 0 aromatic heterocycles. The van der Waals surface area contributed by atoms with Crippen LogP contribution in [0.15, 0.2) is 46.2 Å². The Morgan fingerprint density at radius 3 is 1.81 bits per heavy atom. The van der Waals surface area contributed by atoms with Gasteiger partial charge >= 0.3 is 0 Å². The van der Waals surface area contributed by atoms with E-state index in [1.165, 1.54) is 0 Å². The number of rotatable bonds is 6. The van der Waals surface area contributed by atoms with Crippen LogP contribution in [0.1, 0.15) is 49.9 Å². The van der Waals surface area contributed by atoms with Crippen LogP contribution in [-0.2, 0) is 67.0 Å². The Labute approximate surface area is 219 Å². The minimum absolute atomic E-state index is 0. The number of hydrogen-bond acceptors (Lipinski definition) is 6. The topological polar surface area (TPSA) is 18.5 Å². The van der Waals surface area contributed by atoms with Crippen molar-refractivity contribution >= 4 is 60.3 Å². The number of aryl methyl sites for hydroxylation is 2. The van der Waals surface area contributed by atoms with Gasteiger partial charge in [0.15, 0.2) is 0 Å². The van der Waals surface area contributed by atoms with Crippen LogP contribution in [0.4, 0.5) is 0 Å². The fourth-order valence-corrected chi connectivity index (χ4v) is 3.18. The molecule has 0 aliphatic rings. The zero-order chi connectivity index (χ0) is 22.8. The summed E-state index contributed by atoms with van der Waals surface area (Å²) in [6.45, 7) is 13.0. The van der Waals surface area contributed by atoms with Gasteiger partial charge in [-0.2, -0.15) is 9.81 Å². The van der Waals surface area contributed by atoms with E-state index in [-0.39, 0.29) is 16.5 Å². The molecule has 0 aliphatic carbocycles. The normalized spacial score (nSPS) is 11.8. The van der Waals surface area contributed by atoms with Crippen LogP contribution in [0.3, 0.4) is 0 Å². The SMILES string of the molecule is CCOc1ccc(C)c(/C([S-])=C(\C)[S-])c1.CCOc1ccc(C)cc1/C([S-])=C(\C)[S-].[Ni]. The van der Waals surface area contributed by atoms with Crippen molar-refractivity contribution in [3.8, 4) is 11.5 Å². The van der Waals surface area contributed by atoms with Crippen LogP contribution in [0.2, 0.25) is 0 Å². The Balaban J connectivity index is 0.000000562. The standard InChI is InChI=1S/2C12H16OS2.Ni/c1-4-13-10-6-5-8(2)11(7-10)12(15)9(3)14;1-4-13-11-6-5-8(2)7-10(11)12(15)9(3)14;/h2*5-7,14-15H,4H2,1-3H3;/p-4/b2*12-9-;. The van der Waals surface area contributed by atoms with E-state index in [9.17, 15) is 0 Å². The van der Waals surface area contributed by atoms with Crippen molar-refractivity contribution < 1.29 is 26.0 Å². The van der Waals surface area contributed by atoms with Gasteiger partial charge in [0.05, 0.1) is 13.2 Å². The molecule has 7 heteroatoms. The summed E-state index contributed by atoms with van der Waals surface area (Å²) in [5.41, 5.74) is 4.22. The van der Waals surface area contributed by atoms with Crippen LogP contribution in [0.25, 0.3) is 9.81 Å². The average Bonchev–Trinajstić information content (AvgIpc) is 2.70. The second-order valence-corrected chi connectivity index (χ2v) is 8.65. The predicted octanol–water partition coefficient (Wildman–Crippen LogP) is 6.35. The Bertz CT molecular complexity index is 916. The minimum Gasteiger partial charge on any atom is -0.785 e. The van der Waals surface area contributed by atoms with Crippen LogP contribution in [-0.4, -0.2) is 13.2 Å². The first kappa shape index (κ1) is 29.9. The summed E-state index contributed by atoms with van der Waals surface area (Å²) in [5, 5.41) is 0. The van der Waals surface area contributed by atoms with Crippen molar-refractivity contribution in [1.82, 2.24) is 0 Å². The van der Waals surface area contributed by atoms with Gasteiger partial charge in [0, 0.05) is 16.5 Å². The number of benzene rings is 2. The fourth-order valence-electron chi connectivity index (χ4n) is 2.58. The van der Waals surface area contributed by atoms with Gasteiger partial charge in [-0.1, -0.05) is 31.5 Å². The smallest absolute Gasteiger partial charge is 0.124 e. The van der Waals surface area contributed by atoms with Gasteiger partial charge < -0.3 is 60.0 Å². The first-order valence-electron chi connectivity index (χ1n) is 9.69. The largest absolute Gasteiger partial charge is 0.785 e. The van der Waals surface area contributed by atoms with Crippen LogP contribution < -0.4 is 9.47 Å². The van der Waals surface area contributed by atoms with E-state index in [0.717, 1.165) is 48.5 Å². The van der Waals surface area contributed by atoms with Crippen molar-refractivity contribution in [2.45, 2.75) is 41.5 Å². The first-order chi connectivity index (χ1) is 14.1. The van der Waals surface area contributed by atoms with Crippen molar-refractivity contribution in [2.24, 2.45) is 0 Å². The van der Waals surface area contributed by atoms with Gasteiger partial charge in [0.2, 0.25) is 0 Å². The summed E-state index contributed by atoms with van der Waals surface area (Å²) < 4.78 is 10.9. The maximum absolute atomic E-state index is 5.52. The molecule has 174 valence electrons. The molecule has 2 nitrogen and oxygen atoms in total. The van der Waals surface area contributed by atoms with E-state index in [1.54, 1.807) is 0 Å². The zero-order valence-electron chi connectivity index (χ0n) is 18.6. The van der Waals surface area contributed by atoms with E-state index in [0.29, 0.717) is 18.1 Å². The van der Waals surface area contributed by atoms with Gasteiger partial charge in [-0.25, -0.2) is 9.81 Å². The molecule has 0 radical (unpaired) electrons. The molecule has 0 bridgehead atoms. The molecule has 0 N–H and O–H groups in total. The Kier molecular flexibility index (Phi) is 14.3. The van der Waals surface area contributed by atoms with Gasteiger partial charge in [-0.3, -0.25) is 0 Å². The van der Waals surface area contributed by atoms with E-state index in [2.05, 4.69) is 0 Å². The molecule has 0 unspecified atom stereocenters. The van der Waals surface area contributed by atoms with Crippen LogP contribution >= 0.6 is 0 Å². The molecule has 0 fully saturated rings. The molecule has 0 atom stereocenters. The van der Waals surface area contributed by atoms with Gasteiger partial charge in [0.1, 0.15) is 11.5 Å². The predicted molar refractivity (Wildman–Crippen MR) is 139 cm³/mol. The molecular weight excluding hydrogens is 507 g/mol. The Hall–Kier alpha value is -1.11. The second-order valence-electron chi connectivity index (χ2n) is 6.61. The van der Waals surface area contributed by atoms with E-state index >= 15 is 0 Å². The van der Waals surface area contributed by atoms with E-state index in [4.69, 9.17) is 60.0 Å². The summed E-state index contributed by atoms with van der Waals surface area (Å²) in [6.07, 6.45) is 0. The molecule has 0 aliphatic heterocycles. The van der Waals surface area contributed by atoms with E-state index in [1.807, 2.05) is 77.9 Å². The number of allylic oxidation sites excluding steroid dienone is 2. The molecule has 2 aromatic rings. The van der Waals surface area contributed by atoms with Gasteiger partial charge in [0.25, 0.3) is 0 Å². The molecule has 0 saturated heterocycles. The summed E-state index contributed by atoms with van der Waals surface area (Å²) in [6, 6.07) is 11.9. The third-order valence-electron chi connectivity index (χ3n) is 4.08. The summed E-state index contributed by atoms with van der Waals surface area (Å²) in [5.74, 6) is 1.66. The van der Waals surface area contributed by atoms with Crippen molar-refractivity contribution in [3.63, 3.8) is 0 Å². The third-order valence-corrected chi connectivity index (χ3v) is 5.80. The Morgan fingerprint density at radius 2 is 1.29 bits per heavy atom. The van der Waals surface area contributed by atoms with Crippen LogP contribution in [0, 0.1) is 13.8 Å². The molecule has 2 rings (SSSR count). The average molecular weight is 535 g/mol. The maximum atomic E-state index is 5.52. The molecule has 2 aromatic carbocycles. The van der Waals surface area contributed by atoms with Crippen molar-refractivity contribution in [1.29, 1.82) is 0 Å². The molecule has 0 amide bonds. The molecule has 0 spiro atoms. The van der Waals surface area contributed by atoms with Crippen molar-refractivity contribution in [2.75, 3.05) is 13.2 Å². The minimum atomic E-state index is 0. The summed E-state index contributed by atoms with van der Waals surface area (Å²) in [7, 11) is 0.